The number of fused-ring (bicyclic) bond motifs is 1. The zero-order valence-electron chi connectivity index (χ0n) is 12.8. The van der Waals surface area contributed by atoms with Gasteiger partial charge >= 0.3 is 5.97 Å². The monoisotopic (exact) mass is 307 g/mol. The van der Waals surface area contributed by atoms with Gasteiger partial charge in [0.15, 0.2) is 5.60 Å². The molecule has 1 heterocycles. The second kappa shape index (κ2) is 6.89. The molecule has 2 N–H and O–H groups in total. The molecule has 2 rings (SSSR count). The summed E-state index contributed by atoms with van der Waals surface area (Å²) in [6.07, 6.45) is -0.573. The van der Waals surface area contributed by atoms with Crippen LogP contribution in [-0.4, -0.2) is 35.8 Å². The van der Waals surface area contributed by atoms with E-state index in [4.69, 9.17) is 9.47 Å². The Hall–Kier alpha value is -1.92. The van der Waals surface area contributed by atoms with Crippen LogP contribution in [0, 0.1) is 0 Å². The summed E-state index contributed by atoms with van der Waals surface area (Å²) in [5.74, 6) is -0.921. The van der Waals surface area contributed by atoms with Gasteiger partial charge in [0.1, 0.15) is 0 Å². The van der Waals surface area contributed by atoms with Crippen LogP contribution in [-0.2, 0) is 19.1 Å². The fourth-order valence-electron chi connectivity index (χ4n) is 2.39. The molecule has 22 heavy (non-hydrogen) atoms. The van der Waals surface area contributed by atoms with Crippen molar-refractivity contribution in [2.75, 3.05) is 18.5 Å². The summed E-state index contributed by atoms with van der Waals surface area (Å²) in [5, 5.41) is 12.9. The van der Waals surface area contributed by atoms with Crippen LogP contribution in [0.25, 0.3) is 0 Å². The molecule has 0 spiro atoms. The number of aliphatic hydroxyl groups excluding tert-OH is 1. The van der Waals surface area contributed by atoms with Crippen LogP contribution in [0.1, 0.15) is 38.4 Å². The van der Waals surface area contributed by atoms with Crippen molar-refractivity contribution in [2.24, 2.45) is 0 Å². The number of carbonyl (C=O) groups excluding carboxylic acids is 2. The predicted octanol–water partition coefficient (Wildman–Crippen LogP) is 1.79. The van der Waals surface area contributed by atoms with Crippen LogP contribution in [0.5, 0.6) is 0 Å². The molecule has 2 unspecified atom stereocenters. The predicted molar refractivity (Wildman–Crippen MR) is 80.3 cm³/mol. The van der Waals surface area contributed by atoms with E-state index in [1.54, 1.807) is 38.1 Å². The van der Waals surface area contributed by atoms with Gasteiger partial charge in [-0.25, -0.2) is 0 Å². The molecular weight excluding hydrogens is 286 g/mol. The highest BCUT2D eigenvalue weighted by atomic mass is 16.5. The second-order valence-corrected chi connectivity index (χ2v) is 5.41. The molecule has 0 fully saturated rings. The first kappa shape index (κ1) is 16.5. The molecule has 0 aromatic heterocycles. The summed E-state index contributed by atoms with van der Waals surface area (Å²) in [7, 11) is 0. The van der Waals surface area contributed by atoms with Crippen LogP contribution in [0.3, 0.4) is 0 Å². The summed E-state index contributed by atoms with van der Waals surface area (Å²) in [4.78, 5) is 24.2. The lowest BCUT2D eigenvalue weighted by molar-refractivity contribution is -0.158. The molecule has 0 saturated heterocycles. The highest BCUT2D eigenvalue weighted by Crippen LogP contribution is 2.30. The van der Waals surface area contributed by atoms with E-state index in [0.717, 1.165) is 0 Å². The number of nitrogens with one attached hydrogen (secondary N) is 1. The first-order valence-electron chi connectivity index (χ1n) is 7.34. The maximum absolute atomic E-state index is 12.5. The van der Waals surface area contributed by atoms with E-state index in [1.807, 2.05) is 0 Å². The number of para-hydroxylation sites is 1. The number of ether oxygens (including phenoxy) is 2. The molecule has 0 aliphatic carbocycles. The summed E-state index contributed by atoms with van der Waals surface area (Å²) in [6.45, 7) is 3.67. The molecule has 6 heteroatoms. The minimum Gasteiger partial charge on any atom is -0.466 e. The summed E-state index contributed by atoms with van der Waals surface area (Å²) in [5.41, 5.74) is -0.163. The van der Waals surface area contributed by atoms with Crippen molar-refractivity contribution in [1.29, 1.82) is 0 Å². The highest BCUT2D eigenvalue weighted by molar-refractivity contribution is 5.99. The molecule has 0 bridgehead atoms. The molecule has 2 atom stereocenters. The minimum absolute atomic E-state index is 0.166. The van der Waals surface area contributed by atoms with E-state index in [-0.39, 0.29) is 19.6 Å². The molecule has 120 valence electrons. The number of amides is 1. The molecule has 1 aromatic carbocycles. The number of benzene rings is 1. The van der Waals surface area contributed by atoms with Crippen LogP contribution in [0.2, 0.25) is 0 Å². The van der Waals surface area contributed by atoms with Gasteiger partial charge in [-0.05, 0) is 19.9 Å². The minimum atomic E-state index is -1.33. The fourth-order valence-corrected chi connectivity index (χ4v) is 2.39. The lowest BCUT2D eigenvalue weighted by Crippen LogP contribution is -2.45. The average molecular weight is 307 g/mol. The van der Waals surface area contributed by atoms with Gasteiger partial charge in [0.2, 0.25) is 0 Å². The second-order valence-electron chi connectivity index (χ2n) is 5.41. The Morgan fingerprint density at radius 1 is 1.50 bits per heavy atom. The van der Waals surface area contributed by atoms with Gasteiger partial charge in [0.25, 0.3) is 5.91 Å². The third-order valence-corrected chi connectivity index (χ3v) is 3.65. The molecule has 1 aromatic rings. The van der Waals surface area contributed by atoms with Crippen LogP contribution in [0.15, 0.2) is 24.3 Å². The van der Waals surface area contributed by atoms with E-state index in [0.29, 0.717) is 17.7 Å². The van der Waals surface area contributed by atoms with Crippen molar-refractivity contribution in [2.45, 2.75) is 38.4 Å². The number of aliphatic hydroxyl groups is 1. The number of anilines is 1. The number of carbonyl (C=O) groups is 2. The Labute approximate surface area is 129 Å². The Bertz CT molecular complexity index is 559. The number of hydrogen-bond acceptors (Lipinski definition) is 5. The van der Waals surface area contributed by atoms with Crippen molar-refractivity contribution in [3.05, 3.63) is 29.8 Å². The van der Waals surface area contributed by atoms with Crippen molar-refractivity contribution in [3.8, 4) is 0 Å². The van der Waals surface area contributed by atoms with Crippen LogP contribution in [0.4, 0.5) is 5.69 Å². The van der Waals surface area contributed by atoms with Crippen molar-refractivity contribution in [1.82, 2.24) is 0 Å². The maximum atomic E-state index is 12.5. The van der Waals surface area contributed by atoms with Crippen molar-refractivity contribution in [3.63, 3.8) is 0 Å². The van der Waals surface area contributed by atoms with Gasteiger partial charge in [-0.2, -0.15) is 0 Å². The zero-order valence-corrected chi connectivity index (χ0v) is 12.8. The molecule has 6 nitrogen and oxygen atoms in total. The zero-order chi connectivity index (χ0) is 16.2. The summed E-state index contributed by atoms with van der Waals surface area (Å²) in [6, 6.07) is 7.04. The molecule has 1 aliphatic rings. The fraction of sp³-hybridized carbons (Fsp3) is 0.500. The van der Waals surface area contributed by atoms with Gasteiger partial charge in [0, 0.05) is 17.7 Å². The van der Waals surface area contributed by atoms with Crippen molar-refractivity contribution < 1.29 is 24.2 Å². The smallest absolute Gasteiger partial charge is 0.309 e. The van der Waals surface area contributed by atoms with Crippen LogP contribution >= 0.6 is 0 Å². The third-order valence-electron chi connectivity index (χ3n) is 3.65. The number of rotatable bonds is 3. The SMILES string of the molecule is CCOC(=O)CC1(C)OCCC(O)c2ccccc2NC1=O. The van der Waals surface area contributed by atoms with E-state index in [1.165, 1.54) is 0 Å². The molecule has 1 amide bonds. The molecule has 1 aliphatic heterocycles. The van der Waals surface area contributed by atoms with Gasteiger partial charge in [-0.3, -0.25) is 9.59 Å². The Kier molecular flexibility index (Phi) is 5.15. The van der Waals surface area contributed by atoms with Gasteiger partial charge in [0.05, 0.1) is 25.7 Å². The van der Waals surface area contributed by atoms with Crippen molar-refractivity contribution >= 4 is 17.6 Å². The quantitative estimate of drug-likeness (QED) is 0.832. The summed E-state index contributed by atoms with van der Waals surface area (Å²) < 4.78 is 10.5. The maximum Gasteiger partial charge on any atom is 0.309 e. The Balaban J connectivity index is 2.26. The Morgan fingerprint density at radius 3 is 2.95 bits per heavy atom. The average Bonchev–Trinajstić information content (AvgIpc) is 2.50. The number of esters is 1. The highest BCUT2D eigenvalue weighted by Gasteiger charge is 2.39. The molecule has 0 saturated carbocycles. The van der Waals surface area contributed by atoms with Gasteiger partial charge in [-0.15, -0.1) is 0 Å². The van der Waals surface area contributed by atoms with E-state index < -0.39 is 23.6 Å². The largest absolute Gasteiger partial charge is 0.466 e. The lowest BCUT2D eigenvalue weighted by atomic mass is 10.0. The van der Waals surface area contributed by atoms with E-state index in [9.17, 15) is 14.7 Å². The standard InChI is InChI=1S/C16H21NO5/c1-3-21-14(19)10-16(2)15(20)17-12-7-5-4-6-11(12)13(18)8-9-22-16/h4-7,13,18H,3,8-10H2,1-2H3,(H,17,20). The van der Waals surface area contributed by atoms with Gasteiger partial charge in [-0.1, -0.05) is 18.2 Å². The first-order chi connectivity index (χ1) is 10.5. The first-order valence-corrected chi connectivity index (χ1v) is 7.34. The number of hydrogen-bond donors (Lipinski definition) is 2. The van der Waals surface area contributed by atoms with E-state index in [2.05, 4.69) is 5.32 Å². The lowest BCUT2D eigenvalue weighted by Gasteiger charge is -2.27. The molecule has 0 radical (unpaired) electrons. The summed E-state index contributed by atoms with van der Waals surface area (Å²) >= 11 is 0. The van der Waals surface area contributed by atoms with Crippen LogP contribution < -0.4 is 5.32 Å². The normalized spacial score (nSPS) is 25.2. The van der Waals surface area contributed by atoms with E-state index >= 15 is 0 Å². The Morgan fingerprint density at radius 2 is 2.23 bits per heavy atom. The molecular formula is C16H21NO5. The third kappa shape index (κ3) is 3.64. The van der Waals surface area contributed by atoms with Gasteiger partial charge < -0.3 is 19.9 Å². The topological polar surface area (TPSA) is 84.9 Å².